The van der Waals surface area contributed by atoms with E-state index in [1.54, 1.807) is 12.4 Å². The molecule has 0 fully saturated rings. The van der Waals surface area contributed by atoms with E-state index in [4.69, 9.17) is 15.7 Å². The zero-order chi connectivity index (χ0) is 20.3. The maximum Gasteiger partial charge on any atom is 0.163 e. The van der Waals surface area contributed by atoms with Crippen LogP contribution in [0.3, 0.4) is 0 Å². The van der Waals surface area contributed by atoms with Gasteiger partial charge < -0.3 is 11.1 Å². The molecule has 6 heteroatoms. The summed E-state index contributed by atoms with van der Waals surface area (Å²) in [5, 5.41) is 4.76. The first kappa shape index (κ1) is 19.2. The Bertz CT molecular complexity index is 1140. The van der Waals surface area contributed by atoms with E-state index in [-0.39, 0.29) is 6.04 Å². The van der Waals surface area contributed by atoms with Gasteiger partial charge in [-0.25, -0.2) is 9.97 Å². The number of aryl methyl sites for hydroxylation is 2. The number of nitrogens with two attached hydrogens (primary N) is 1. The summed E-state index contributed by atoms with van der Waals surface area (Å²) < 4.78 is 0. The van der Waals surface area contributed by atoms with E-state index >= 15 is 0 Å². The number of anilines is 1. The van der Waals surface area contributed by atoms with Crippen molar-refractivity contribution in [3.05, 3.63) is 70.9 Å². The summed E-state index contributed by atoms with van der Waals surface area (Å²) >= 11 is 1.82. The first-order valence-corrected chi connectivity index (χ1v) is 11.4. The fourth-order valence-corrected chi connectivity index (χ4v) is 5.39. The average Bonchev–Trinajstić information content (AvgIpc) is 3.17. The van der Waals surface area contributed by atoms with E-state index in [0.29, 0.717) is 6.54 Å². The molecule has 152 valence electrons. The fraction of sp³-hybridized carbons (Fsp3) is 0.292. The van der Waals surface area contributed by atoms with Gasteiger partial charge in [0.25, 0.3) is 0 Å². The van der Waals surface area contributed by atoms with Crippen molar-refractivity contribution < 1.29 is 0 Å². The largest absolute Gasteiger partial charge is 0.368 e. The topological polar surface area (TPSA) is 76.7 Å². The van der Waals surface area contributed by atoms with Gasteiger partial charge in [-0.1, -0.05) is 30.3 Å². The Morgan fingerprint density at radius 1 is 1.00 bits per heavy atom. The Morgan fingerprint density at radius 3 is 2.63 bits per heavy atom. The van der Waals surface area contributed by atoms with Crippen molar-refractivity contribution in [1.29, 1.82) is 0 Å². The highest BCUT2D eigenvalue weighted by Crippen LogP contribution is 2.39. The maximum absolute atomic E-state index is 6.45. The summed E-state index contributed by atoms with van der Waals surface area (Å²) in [6.45, 7) is 0.668. The van der Waals surface area contributed by atoms with Crippen molar-refractivity contribution in [2.24, 2.45) is 5.73 Å². The van der Waals surface area contributed by atoms with Gasteiger partial charge in [-0.05, 0) is 55.4 Å². The molecule has 3 aromatic heterocycles. The molecule has 0 saturated heterocycles. The molecular formula is C24H25N5S. The van der Waals surface area contributed by atoms with Gasteiger partial charge in [-0.15, -0.1) is 11.3 Å². The van der Waals surface area contributed by atoms with Gasteiger partial charge in [0.2, 0.25) is 0 Å². The highest BCUT2D eigenvalue weighted by Gasteiger charge is 2.21. The molecule has 1 unspecified atom stereocenters. The predicted molar refractivity (Wildman–Crippen MR) is 124 cm³/mol. The standard InChI is InChI=1S/C24H25N5S/c25-18(14-16-6-2-1-3-7-16)15-27-23-21-19-8-4-5-9-20(19)30-24(21)29-22(28-23)17-10-12-26-13-11-17/h1-3,6-7,10-13,18H,4-5,8-9,14-15,25H2,(H,27,28,29). The molecule has 3 heterocycles. The quantitative estimate of drug-likeness (QED) is 0.481. The third-order valence-electron chi connectivity index (χ3n) is 5.63. The van der Waals surface area contributed by atoms with Crippen molar-refractivity contribution >= 4 is 27.4 Å². The second-order valence-corrected chi connectivity index (χ2v) is 8.94. The summed E-state index contributed by atoms with van der Waals surface area (Å²) in [6, 6.07) is 14.3. The van der Waals surface area contributed by atoms with Crippen LogP contribution in [0.5, 0.6) is 0 Å². The molecule has 1 aliphatic carbocycles. The van der Waals surface area contributed by atoms with Crippen LogP contribution in [0.4, 0.5) is 5.82 Å². The van der Waals surface area contributed by atoms with Crippen molar-refractivity contribution in [3.8, 4) is 11.4 Å². The normalized spacial score (nSPS) is 14.4. The van der Waals surface area contributed by atoms with Crippen LogP contribution < -0.4 is 11.1 Å². The van der Waals surface area contributed by atoms with Gasteiger partial charge in [0.1, 0.15) is 10.6 Å². The predicted octanol–water partition coefficient (Wildman–Crippen LogP) is 4.61. The van der Waals surface area contributed by atoms with E-state index in [1.165, 1.54) is 34.2 Å². The van der Waals surface area contributed by atoms with Crippen molar-refractivity contribution in [3.63, 3.8) is 0 Å². The minimum Gasteiger partial charge on any atom is -0.368 e. The highest BCUT2D eigenvalue weighted by atomic mass is 32.1. The number of hydrogen-bond donors (Lipinski definition) is 2. The molecule has 1 aromatic carbocycles. The lowest BCUT2D eigenvalue weighted by atomic mass is 9.97. The van der Waals surface area contributed by atoms with Crippen molar-refractivity contribution in [1.82, 2.24) is 15.0 Å². The Balaban J connectivity index is 1.48. The van der Waals surface area contributed by atoms with Crippen molar-refractivity contribution in [2.45, 2.75) is 38.1 Å². The number of rotatable bonds is 6. The van der Waals surface area contributed by atoms with Gasteiger partial charge in [-0.2, -0.15) is 0 Å². The van der Waals surface area contributed by atoms with Crippen LogP contribution in [-0.4, -0.2) is 27.5 Å². The van der Waals surface area contributed by atoms with Gasteiger partial charge >= 0.3 is 0 Å². The van der Waals surface area contributed by atoms with Crippen molar-refractivity contribution in [2.75, 3.05) is 11.9 Å². The molecule has 1 aliphatic rings. The molecule has 4 aromatic rings. The molecule has 1 atom stereocenters. The molecule has 0 saturated carbocycles. The Kier molecular flexibility index (Phi) is 5.43. The monoisotopic (exact) mass is 415 g/mol. The van der Waals surface area contributed by atoms with Gasteiger partial charge in [0.05, 0.1) is 5.39 Å². The van der Waals surface area contributed by atoms with Crippen LogP contribution in [0.25, 0.3) is 21.6 Å². The number of thiophene rings is 1. The summed E-state index contributed by atoms with van der Waals surface area (Å²) in [7, 11) is 0. The van der Waals surface area contributed by atoms with Crippen LogP contribution in [0.2, 0.25) is 0 Å². The number of nitrogens with zero attached hydrogens (tertiary/aromatic N) is 3. The Morgan fingerprint density at radius 2 is 1.80 bits per heavy atom. The first-order valence-electron chi connectivity index (χ1n) is 10.5. The van der Waals surface area contributed by atoms with Crippen LogP contribution >= 0.6 is 11.3 Å². The number of fused-ring (bicyclic) bond motifs is 3. The molecule has 0 spiro atoms. The highest BCUT2D eigenvalue weighted by molar-refractivity contribution is 7.19. The van der Waals surface area contributed by atoms with E-state index in [1.807, 2.05) is 29.5 Å². The lowest BCUT2D eigenvalue weighted by Gasteiger charge is -2.16. The molecule has 0 amide bonds. The molecule has 30 heavy (non-hydrogen) atoms. The molecule has 5 nitrogen and oxygen atoms in total. The number of aromatic nitrogens is 3. The zero-order valence-electron chi connectivity index (χ0n) is 16.8. The molecule has 0 aliphatic heterocycles. The van der Waals surface area contributed by atoms with Crippen LogP contribution in [0.1, 0.15) is 28.8 Å². The molecule has 0 radical (unpaired) electrons. The number of benzene rings is 1. The lowest BCUT2D eigenvalue weighted by Crippen LogP contribution is -2.31. The van der Waals surface area contributed by atoms with E-state index in [0.717, 1.165) is 41.3 Å². The number of pyridine rings is 1. The summed E-state index contributed by atoms with van der Waals surface area (Å²) in [5.74, 6) is 1.65. The first-order chi connectivity index (χ1) is 14.8. The molecule has 3 N–H and O–H groups in total. The minimum absolute atomic E-state index is 0.0104. The maximum atomic E-state index is 6.45. The van der Waals surface area contributed by atoms with Crippen LogP contribution in [-0.2, 0) is 19.3 Å². The van der Waals surface area contributed by atoms with Gasteiger partial charge in [0, 0.05) is 35.4 Å². The third-order valence-corrected chi connectivity index (χ3v) is 6.81. The summed E-state index contributed by atoms with van der Waals surface area (Å²) in [6.07, 6.45) is 9.15. The molecular weight excluding hydrogens is 390 g/mol. The second-order valence-electron chi connectivity index (χ2n) is 7.85. The number of hydrogen-bond acceptors (Lipinski definition) is 6. The zero-order valence-corrected chi connectivity index (χ0v) is 17.7. The van der Waals surface area contributed by atoms with E-state index in [9.17, 15) is 0 Å². The van der Waals surface area contributed by atoms with Gasteiger partial charge in [0.15, 0.2) is 5.82 Å². The van der Waals surface area contributed by atoms with E-state index in [2.05, 4.69) is 34.6 Å². The fourth-order valence-electron chi connectivity index (χ4n) is 4.13. The minimum atomic E-state index is 0.0104. The number of nitrogens with one attached hydrogen (secondary N) is 1. The third kappa shape index (κ3) is 3.93. The lowest BCUT2D eigenvalue weighted by molar-refractivity contribution is 0.695. The van der Waals surface area contributed by atoms with Crippen LogP contribution in [0, 0.1) is 0 Å². The molecule has 5 rings (SSSR count). The SMILES string of the molecule is NC(CNc1nc(-c2ccncc2)nc2sc3c(c12)CCCC3)Cc1ccccc1. The summed E-state index contributed by atoms with van der Waals surface area (Å²) in [4.78, 5) is 16.5. The second kappa shape index (κ2) is 8.50. The van der Waals surface area contributed by atoms with E-state index < -0.39 is 0 Å². The Labute approximate surface area is 180 Å². The van der Waals surface area contributed by atoms with Crippen LogP contribution in [0.15, 0.2) is 54.9 Å². The summed E-state index contributed by atoms with van der Waals surface area (Å²) in [5.41, 5.74) is 10.1. The average molecular weight is 416 g/mol. The van der Waals surface area contributed by atoms with Gasteiger partial charge in [-0.3, -0.25) is 4.98 Å². The smallest absolute Gasteiger partial charge is 0.163 e. The Hall–Kier alpha value is -2.83. The molecule has 0 bridgehead atoms.